The van der Waals surface area contributed by atoms with Crippen molar-refractivity contribution in [2.24, 2.45) is 0 Å². The number of aliphatic hydroxyl groups excluding tert-OH is 1. The second kappa shape index (κ2) is 3.18. The Bertz CT molecular complexity index is 77.0. The Balaban J connectivity index is 2.23. The molecule has 2 heteroatoms. The molecular formula is C7H14NO. The normalized spacial score (nSPS) is 26.0. The highest BCUT2D eigenvalue weighted by molar-refractivity contribution is 4.76. The average molecular weight is 128 g/mol. The molecule has 1 N–H and O–H groups in total. The van der Waals surface area contributed by atoms with Crippen LogP contribution in [0, 0.1) is 6.42 Å². The Hall–Kier alpha value is -0.0800. The molecule has 1 atom stereocenters. The number of nitrogens with zero attached hydrogens (tertiary/aromatic N) is 1. The van der Waals surface area contributed by atoms with Gasteiger partial charge in [-0.2, -0.15) is 0 Å². The third kappa shape index (κ3) is 1.95. The lowest BCUT2D eigenvalue weighted by Gasteiger charge is -2.28. The molecule has 53 valence electrons. The molecular weight excluding hydrogens is 114 g/mol. The van der Waals surface area contributed by atoms with Crippen molar-refractivity contribution in [3.63, 3.8) is 0 Å². The average Bonchev–Trinajstić information content (AvgIpc) is 1.90. The summed E-state index contributed by atoms with van der Waals surface area (Å²) in [5, 5.41) is 9.09. The van der Waals surface area contributed by atoms with Crippen LogP contribution in [0.15, 0.2) is 0 Å². The summed E-state index contributed by atoms with van der Waals surface area (Å²) in [6.07, 6.45) is 4.29. The van der Waals surface area contributed by atoms with E-state index in [1.165, 1.54) is 0 Å². The molecule has 1 heterocycles. The van der Waals surface area contributed by atoms with Gasteiger partial charge < -0.3 is 5.11 Å². The first-order chi connectivity index (χ1) is 4.30. The van der Waals surface area contributed by atoms with Gasteiger partial charge in [-0.05, 0) is 26.2 Å². The molecule has 0 amide bonds. The van der Waals surface area contributed by atoms with Gasteiger partial charge in [0, 0.05) is 13.1 Å². The molecule has 1 radical (unpaired) electrons. The first-order valence-corrected chi connectivity index (χ1v) is 3.54. The standard InChI is InChI=1S/C7H14NO/c1-7(9)8-5-3-2-4-6-8/h2,7,9H,3-6H2,1H3. The Labute approximate surface area is 56.5 Å². The summed E-state index contributed by atoms with van der Waals surface area (Å²) in [6.45, 7) is 3.88. The summed E-state index contributed by atoms with van der Waals surface area (Å²) in [7, 11) is 0. The number of rotatable bonds is 1. The monoisotopic (exact) mass is 128 g/mol. The van der Waals surface area contributed by atoms with Crippen LogP contribution in [-0.4, -0.2) is 29.3 Å². The zero-order valence-corrected chi connectivity index (χ0v) is 5.88. The van der Waals surface area contributed by atoms with Crippen LogP contribution in [0.4, 0.5) is 0 Å². The Morgan fingerprint density at radius 3 is 2.33 bits per heavy atom. The Morgan fingerprint density at radius 2 is 2.00 bits per heavy atom. The summed E-state index contributed by atoms with van der Waals surface area (Å²) in [5.74, 6) is 0. The Morgan fingerprint density at radius 1 is 1.44 bits per heavy atom. The summed E-state index contributed by atoms with van der Waals surface area (Å²) in [5.41, 5.74) is 0. The van der Waals surface area contributed by atoms with Crippen molar-refractivity contribution in [1.82, 2.24) is 4.90 Å². The maximum Gasteiger partial charge on any atom is 0.104 e. The molecule has 9 heavy (non-hydrogen) atoms. The van der Waals surface area contributed by atoms with Crippen LogP contribution in [0.25, 0.3) is 0 Å². The molecule has 0 spiro atoms. The largest absolute Gasteiger partial charge is 0.379 e. The number of aliphatic hydroxyl groups is 1. The summed E-state index contributed by atoms with van der Waals surface area (Å²) in [6, 6.07) is 0. The molecule has 1 saturated heterocycles. The second-order valence-electron chi connectivity index (χ2n) is 2.53. The SMILES string of the molecule is CC(O)N1CC[CH]CC1. The minimum absolute atomic E-state index is 0.251. The van der Waals surface area contributed by atoms with Gasteiger partial charge in [0.15, 0.2) is 0 Å². The van der Waals surface area contributed by atoms with Gasteiger partial charge in [-0.15, -0.1) is 0 Å². The fraction of sp³-hybridized carbons (Fsp3) is 0.857. The van der Waals surface area contributed by atoms with Gasteiger partial charge in [-0.1, -0.05) is 0 Å². The van der Waals surface area contributed by atoms with Gasteiger partial charge >= 0.3 is 0 Å². The van der Waals surface area contributed by atoms with Crippen molar-refractivity contribution in [3.8, 4) is 0 Å². The van der Waals surface area contributed by atoms with E-state index in [1.54, 1.807) is 0 Å². The van der Waals surface area contributed by atoms with Crippen LogP contribution in [0.5, 0.6) is 0 Å². The van der Waals surface area contributed by atoms with Crippen LogP contribution < -0.4 is 0 Å². The van der Waals surface area contributed by atoms with E-state index in [0.717, 1.165) is 25.9 Å². The predicted octanol–water partition coefficient (Wildman–Crippen LogP) is 0.625. The first kappa shape index (κ1) is 7.03. The molecule has 1 unspecified atom stereocenters. The number of hydrogen-bond acceptors (Lipinski definition) is 2. The molecule has 0 bridgehead atoms. The van der Waals surface area contributed by atoms with E-state index in [2.05, 4.69) is 11.3 Å². The summed E-state index contributed by atoms with van der Waals surface area (Å²) in [4.78, 5) is 2.08. The van der Waals surface area contributed by atoms with E-state index in [1.807, 2.05) is 6.92 Å². The zero-order valence-electron chi connectivity index (χ0n) is 5.88. The smallest absolute Gasteiger partial charge is 0.104 e. The van der Waals surface area contributed by atoms with Crippen molar-refractivity contribution in [2.75, 3.05) is 13.1 Å². The van der Waals surface area contributed by atoms with Crippen LogP contribution in [0.1, 0.15) is 19.8 Å². The van der Waals surface area contributed by atoms with Crippen molar-refractivity contribution in [3.05, 3.63) is 6.42 Å². The van der Waals surface area contributed by atoms with Gasteiger partial charge in [0.2, 0.25) is 0 Å². The van der Waals surface area contributed by atoms with E-state index in [4.69, 9.17) is 5.11 Å². The van der Waals surface area contributed by atoms with Gasteiger partial charge in [-0.3, -0.25) is 4.90 Å². The van der Waals surface area contributed by atoms with E-state index < -0.39 is 0 Å². The number of hydrogen-bond donors (Lipinski definition) is 1. The lowest BCUT2D eigenvalue weighted by Crippen LogP contribution is -2.37. The molecule has 2 nitrogen and oxygen atoms in total. The summed E-state index contributed by atoms with van der Waals surface area (Å²) < 4.78 is 0. The number of likely N-dealkylation sites (tertiary alicyclic amines) is 1. The van der Waals surface area contributed by atoms with Crippen LogP contribution in [-0.2, 0) is 0 Å². The van der Waals surface area contributed by atoms with Crippen molar-refractivity contribution in [1.29, 1.82) is 0 Å². The van der Waals surface area contributed by atoms with Gasteiger partial charge in [-0.25, -0.2) is 0 Å². The Kier molecular flexibility index (Phi) is 2.49. The quantitative estimate of drug-likeness (QED) is 0.559. The molecule has 1 aliphatic rings. The second-order valence-corrected chi connectivity index (χ2v) is 2.53. The van der Waals surface area contributed by atoms with Gasteiger partial charge in [0.1, 0.15) is 6.23 Å². The molecule has 1 rings (SSSR count). The lowest BCUT2D eigenvalue weighted by atomic mass is 10.1. The lowest BCUT2D eigenvalue weighted by molar-refractivity contribution is 0.0130. The number of piperidine rings is 1. The molecule has 0 aliphatic carbocycles. The fourth-order valence-electron chi connectivity index (χ4n) is 1.14. The minimum Gasteiger partial charge on any atom is -0.379 e. The van der Waals surface area contributed by atoms with Crippen LogP contribution in [0.2, 0.25) is 0 Å². The van der Waals surface area contributed by atoms with Crippen LogP contribution >= 0.6 is 0 Å². The van der Waals surface area contributed by atoms with Crippen molar-refractivity contribution < 1.29 is 5.11 Å². The molecule has 0 aromatic rings. The highest BCUT2D eigenvalue weighted by atomic mass is 16.3. The highest BCUT2D eigenvalue weighted by Gasteiger charge is 2.13. The minimum atomic E-state index is -0.251. The summed E-state index contributed by atoms with van der Waals surface area (Å²) >= 11 is 0. The first-order valence-electron chi connectivity index (χ1n) is 3.54. The third-order valence-corrected chi connectivity index (χ3v) is 1.77. The van der Waals surface area contributed by atoms with Crippen LogP contribution in [0.3, 0.4) is 0 Å². The van der Waals surface area contributed by atoms with Crippen molar-refractivity contribution in [2.45, 2.75) is 26.0 Å². The maximum atomic E-state index is 9.09. The topological polar surface area (TPSA) is 23.5 Å². The van der Waals surface area contributed by atoms with Gasteiger partial charge in [0.25, 0.3) is 0 Å². The van der Waals surface area contributed by atoms with E-state index in [0.29, 0.717) is 0 Å². The molecule has 0 aromatic carbocycles. The highest BCUT2D eigenvalue weighted by Crippen LogP contribution is 2.08. The molecule has 0 aromatic heterocycles. The fourth-order valence-corrected chi connectivity index (χ4v) is 1.14. The third-order valence-electron chi connectivity index (χ3n) is 1.77. The maximum absolute atomic E-state index is 9.09. The van der Waals surface area contributed by atoms with E-state index in [9.17, 15) is 0 Å². The molecule has 1 fully saturated rings. The zero-order chi connectivity index (χ0) is 6.69. The van der Waals surface area contributed by atoms with E-state index >= 15 is 0 Å². The van der Waals surface area contributed by atoms with Gasteiger partial charge in [0.05, 0.1) is 0 Å². The van der Waals surface area contributed by atoms with E-state index in [-0.39, 0.29) is 6.23 Å². The molecule has 1 aliphatic heterocycles. The molecule has 0 saturated carbocycles. The van der Waals surface area contributed by atoms with Crippen molar-refractivity contribution >= 4 is 0 Å². The predicted molar refractivity (Wildman–Crippen MR) is 36.8 cm³/mol.